The monoisotopic (exact) mass is 348 g/mol. The number of hydrogen-bond donors (Lipinski definition) is 0. The molecule has 0 aliphatic carbocycles. The highest BCUT2D eigenvalue weighted by Gasteiger charge is 2.18. The van der Waals surface area contributed by atoms with Crippen molar-refractivity contribution in [2.75, 3.05) is 0 Å². The van der Waals surface area contributed by atoms with E-state index in [2.05, 4.69) is 87.5 Å². The summed E-state index contributed by atoms with van der Waals surface area (Å²) in [7, 11) is 0. The summed E-state index contributed by atoms with van der Waals surface area (Å²) in [5, 5.41) is 10.1. The molecule has 6 aromatic rings. The summed E-state index contributed by atoms with van der Waals surface area (Å²) in [6.45, 7) is 6.72. The van der Waals surface area contributed by atoms with E-state index >= 15 is 0 Å². The second kappa shape index (κ2) is 4.80. The molecule has 0 fully saturated rings. The Hall–Kier alpha value is -3.06. The highest BCUT2D eigenvalue weighted by Crippen LogP contribution is 2.42. The summed E-state index contributed by atoms with van der Waals surface area (Å²) in [6.07, 6.45) is 0. The van der Waals surface area contributed by atoms with Gasteiger partial charge in [0, 0.05) is 21.5 Å². The van der Waals surface area contributed by atoms with Crippen molar-refractivity contribution in [2.24, 2.45) is 0 Å². The summed E-state index contributed by atoms with van der Waals surface area (Å²) in [5.74, 6) is 0. The van der Waals surface area contributed by atoms with Crippen molar-refractivity contribution in [3.8, 4) is 0 Å². The Morgan fingerprint density at radius 3 is 2.11 bits per heavy atom. The van der Waals surface area contributed by atoms with E-state index in [9.17, 15) is 0 Å². The Morgan fingerprint density at radius 2 is 1.33 bits per heavy atom. The molecule has 1 aromatic heterocycles. The number of fused-ring (bicyclic) bond motifs is 4. The molecule has 1 heterocycles. The second-order valence-corrected chi connectivity index (χ2v) is 8.67. The molecule has 1 nitrogen and oxygen atoms in total. The van der Waals surface area contributed by atoms with Gasteiger partial charge in [0.05, 0.1) is 0 Å². The van der Waals surface area contributed by atoms with Crippen molar-refractivity contribution in [3.05, 3.63) is 72.3 Å². The van der Waals surface area contributed by atoms with Gasteiger partial charge >= 0.3 is 0 Å². The summed E-state index contributed by atoms with van der Waals surface area (Å²) < 4.78 is 6.45. The van der Waals surface area contributed by atoms with E-state index < -0.39 is 0 Å². The molecule has 27 heavy (non-hydrogen) atoms. The first kappa shape index (κ1) is 15.0. The van der Waals surface area contributed by atoms with Gasteiger partial charge < -0.3 is 4.42 Å². The zero-order valence-electron chi connectivity index (χ0n) is 15.8. The number of furan rings is 1. The summed E-state index contributed by atoms with van der Waals surface area (Å²) in [4.78, 5) is 0. The molecule has 1 heteroatoms. The fourth-order valence-electron chi connectivity index (χ4n) is 4.50. The summed E-state index contributed by atoms with van der Waals surface area (Å²) in [6, 6.07) is 24.4. The summed E-state index contributed by atoms with van der Waals surface area (Å²) >= 11 is 0. The molecule has 0 bridgehead atoms. The van der Waals surface area contributed by atoms with Gasteiger partial charge in [-0.1, -0.05) is 69.3 Å². The van der Waals surface area contributed by atoms with Crippen molar-refractivity contribution in [3.63, 3.8) is 0 Å². The first-order chi connectivity index (χ1) is 13.0. The fraction of sp³-hybridized carbons (Fsp3) is 0.154. The van der Waals surface area contributed by atoms with Crippen molar-refractivity contribution >= 4 is 54.3 Å². The van der Waals surface area contributed by atoms with Crippen LogP contribution in [-0.4, -0.2) is 0 Å². The predicted molar refractivity (Wildman–Crippen MR) is 116 cm³/mol. The second-order valence-electron chi connectivity index (χ2n) is 8.67. The predicted octanol–water partition coefficient (Wildman–Crippen LogP) is 7.78. The van der Waals surface area contributed by atoms with Gasteiger partial charge in [0.2, 0.25) is 0 Å². The zero-order chi connectivity index (χ0) is 18.3. The van der Waals surface area contributed by atoms with Crippen LogP contribution in [0.5, 0.6) is 0 Å². The molecular formula is C26H20O. The Bertz CT molecular complexity index is 1480. The molecule has 0 N–H and O–H groups in total. The van der Waals surface area contributed by atoms with Gasteiger partial charge in [-0.3, -0.25) is 0 Å². The minimum Gasteiger partial charge on any atom is -0.455 e. The van der Waals surface area contributed by atoms with Gasteiger partial charge in [0.15, 0.2) is 0 Å². The third-order valence-electron chi connectivity index (χ3n) is 5.95. The van der Waals surface area contributed by atoms with Gasteiger partial charge in [0.25, 0.3) is 0 Å². The third-order valence-corrected chi connectivity index (χ3v) is 5.95. The van der Waals surface area contributed by atoms with Gasteiger partial charge in [-0.05, 0) is 50.7 Å². The molecular weight excluding hydrogens is 328 g/mol. The molecule has 0 amide bonds. The normalized spacial score (nSPS) is 13.0. The van der Waals surface area contributed by atoms with E-state index in [0.717, 1.165) is 11.2 Å². The van der Waals surface area contributed by atoms with Crippen molar-refractivity contribution in [2.45, 2.75) is 26.2 Å². The van der Waals surface area contributed by atoms with E-state index in [1.807, 2.05) is 0 Å². The molecule has 0 unspecified atom stereocenters. The van der Waals surface area contributed by atoms with E-state index in [-0.39, 0.29) is 5.41 Å². The highest BCUT2D eigenvalue weighted by atomic mass is 16.3. The van der Waals surface area contributed by atoms with Crippen LogP contribution in [0.4, 0.5) is 0 Å². The minimum absolute atomic E-state index is 0.108. The van der Waals surface area contributed by atoms with Crippen molar-refractivity contribution in [1.29, 1.82) is 0 Å². The average Bonchev–Trinajstić information content (AvgIpc) is 3.03. The van der Waals surface area contributed by atoms with Crippen molar-refractivity contribution < 1.29 is 4.42 Å². The van der Waals surface area contributed by atoms with Crippen LogP contribution in [0.3, 0.4) is 0 Å². The molecule has 0 saturated carbocycles. The van der Waals surface area contributed by atoms with Crippen LogP contribution < -0.4 is 0 Å². The van der Waals surface area contributed by atoms with Crippen LogP contribution in [0.1, 0.15) is 26.3 Å². The fourth-order valence-corrected chi connectivity index (χ4v) is 4.50. The van der Waals surface area contributed by atoms with E-state index in [0.29, 0.717) is 0 Å². The molecule has 0 saturated heterocycles. The molecule has 130 valence electrons. The number of rotatable bonds is 0. The molecule has 0 spiro atoms. The smallest absolute Gasteiger partial charge is 0.143 e. The van der Waals surface area contributed by atoms with Crippen LogP contribution >= 0.6 is 0 Å². The van der Waals surface area contributed by atoms with E-state index in [1.165, 1.54) is 48.7 Å². The Labute approximate surface area is 157 Å². The quantitative estimate of drug-likeness (QED) is 0.255. The number of benzene rings is 5. The lowest BCUT2D eigenvalue weighted by molar-refractivity contribution is 0.588. The maximum absolute atomic E-state index is 6.45. The minimum atomic E-state index is 0.108. The largest absolute Gasteiger partial charge is 0.455 e. The molecule has 0 aliphatic rings. The average molecular weight is 348 g/mol. The zero-order valence-corrected chi connectivity index (χ0v) is 15.8. The standard InChI is InChI=1S/C26H20O/c1-26(2,3)18-10-12-19-21-13-17-8-7-15-5-4-6-16-9-11-20(24(17)23(15)16)25(21)27-22(19)14-18/h4-14H,1-3H3. The van der Waals surface area contributed by atoms with Crippen LogP contribution in [0.2, 0.25) is 0 Å². The Morgan fingerprint density at radius 1 is 0.630 bits per heavy atom. The van der Waals surface area contributed by atoms with Crippen LogP contribution in [-0.2, 0) is 5.41 Å². The molecule has 0 radical (unpaired) electrons. The Kier molecular flexibility index (Phi) is 2.68. The lowest BCUT2D eigenvalue weighted by Crippen LogP contribution is -2.10. The van der Waals surface area contributed by atoms with E-state index in [1.54, 1.807) is 0 Å². The molecule has 5 aromatic carbocycles. The lowest BCUT2D eigenvalue weighted by Gasteiger charge is -2.18. The summed E-state index contributed by atoms with van der Waals surface area (Å²) in [5.41, 5.74) is 3.39. The highest BCUT2D eigenvalue weighted by molar-refractivity contribution is 6.30. The maximum Gasteiger partial charge on any atom is 0.143 e. The van der Waals surface area contributed by atoms with Crippen LogP contribution in [0, 0.1) is 0 Å². The van der Waals surface area contributed by atoms with Gasteiger partial charge in [-0.15, -0.1) is 0 Å². The topological polar surface area (TPSA) is 13.1 Å². The van der Waals surface area contributed by atoms with Gasteiger partial charge in [-0.25, -0.2) is 0 Å². The SMILES string of the molecule is CC(C)(C)c1ccc2c(c1)oc1c2cc2ccc3cccc4ccc1c2c34. The van der Waals surface area contributed by atoms with Crippen LogP contribution in [0.25, 0.3) is 54.3 Å². The van der Waals surface area contributed by atoms with Crippen LogP contribution in [0.15, 0.2) is 71.1 Å². The van der Waals surface area contributed by atoms with Crippen molar-refractivity contribution in [1.82, 2.24) is 0 Å². The third kappa shape index (κ3) is 1.94. The first-order valence-electron chi connectivity index (χ1n) is 9.54. The molecule has 0 aliphatic heterocycles. The first-order valence-corrected chi connectivity index (χ1v) is 9.54. The molecule has 0 atom stereocenters. The molecule has 6 rings (SSSR count). The van der Waals surface area contributed by atoms with E-state index in [4.69, 9.17) is 4.42 Å². The van der Waals surface area contributed by atoms with Gasteiger partial charge in [-0.2, -0.15) is 0 Å². The lowest BCUT2D eigenvalue weighted by atomic mass is 9.86. The maximum atomic E-state index is 6.45. The van der Waals surface area contributed by atoms with Gasteiger partial charge in [0.1, 0.15) is 11.2 Å². The Balaban J connectivity index is 1.83. The number of hydrogen-bond acceptors (Lipinski definition) is 1.